The Morgan fingerprint density at radius 3 is 2.78 bits per heavy atom. The number of nitrogens with zero attached hydrogens (tertiary/aromatic N) is 3. The quantitative estimate of drug-likeness (QED) is 0.101. The van der Waals surface area contributed by atoms with Gasteiger partial charge in [0.25, 0.3) is 0 Å². The third-order valence-electron chi connectivity index (χ3n) is 2.63. The van der Waals surface area contributed by atoms with Gasteiger partial charge in [-0.3, -0.25) is 4.79 Å². The third kappa shape index (κ3) is 6.52. The number of Topliss-reactive ketones (excluding diaryl/α,β-unsaturated/α-hetero) is 1. The van der Waals surface area contributed by atoms with Crippen molar-refractivity contribution in [2.24, 2.45) is 5.11 Å². The fourth-order valence-corrected chi connectivity index (χ4v) is 1.79. The first kappa shape index (κ1) is 18.7. The second kappa shape index (κ2) is 10.4. The molecule has 0 spiro atoms. The van der Waals surface area contributed by atoms with Gasteiger partial charge in [0.05, 0.1) is 13.2 Å². The molecule has 0 aromatic heterocycles. The Morgan fingerprint density at radius 2 is 2.13 bits per heavy atom. The Labute approximate surface area is 138 Å². The van der Waals surface area contributed by atoms with Crippen molar-refractivity contribution in [1.29, 1.82) is 0 Å². The fraction of sp³-hybridized carbons (Fsp3) is 0.333. The predicted octanol–water partition coefficient (Wildman–Crippen LogP) is 3.18. The molecule has 0 bridgehead atoms. The van der Waals surface area contributed by atoms with E-state index in [0.29, 0.717) is 10.6 Å². The molecule has 7 nitrogen and oxygen atoms in total. The van der Waals surface area contributed by atoms with Crippen molar-refractivity contribution in [3.63, 3.8) is 0 Å². The Hall–Kier alpha value is -2.34. The van der Waals surface area contributed by atoms with Crippen molar-refractivity contribution in [2.45, 2.75) is 6.92 Å². The maximum atomic E-state index is 12.2. The van der Waals surface area contributed by atoms with Crippen molar-refractivity contribution < 1.29 is 19.1 Å². The van der Waals surface area contributed by atoms with Gasteiger partial charge in [-0.15, -0.1) is 0 Å². The molecule has 0 aliphatic carbocycles. The molecule has 0 N–H and O–H groups in total. The van der Waals surface area contributed by atoms with Gasteiger partial charge in [0.15, 0.2) is 5.78 Å². The van der Waals surface area contributed by atoms with Crippen LogP contribution < -0.4 is 0 Å². The van der Waals surface area contributed by atoms with E-state index in [2.05, 4.69) is 10.0 Å². The van der Waals surface area contributed by atoms with Crippen LogP contribution in [0.3, 0.4) is 0 Å². The average Bonchev–Trinajstić information content (AvgIpc) is 2.54. The highest BCUT2D eigenvalue weighted by atomic mass is 35.5. The van der Waals surface area contributed by atoms with Crippen LogP contribution in [0.1, 0.15) is 12.5 Å². The van der Waals surface area contributed by atoms with Gasteiger partial charge in [-0.25, -0.2) is 4.79 Å². The Bertz CT molecular complexity index is 639. The minimum absolute atomic E-state index is 0.0813. The number of hydrogen-bond donors (Lipinski definition) is 0. The molecule has 0 saturated heterocycles. The zero-order valence-electron chi connectivity index (χ0n) is 12.6. The molecule has 0 radical (unpaired) electrons. The zero-order chi connectivity index (χ0) is 17.1. The lowest BCUT2D eigenvalue weighted by Gasteiger charge is -2.07. The summed E-state index contributed by atoms with van der Waals surface area (Å²) >= 11 is 6.03. The second-order valence-electron chi connectivity index (χ2n) is 4.23. The molecule has 23 heavy (non-hydrogen) atoms. The van der Waals surface area contributed by atoms with Crippen LogP contribution in [0.25, 0.3) is 16.5 Å². The third-order valence-corrected chi connectivity index (χ3v) is 2.98. The van der Waals surface area contributed by atoms with Crippen LogP contribution in [0.2, 0.25) is 5.02 Å². The van der Waals surface area contributed by atoms with Crippen LogP contribution in [0, 0.1) is 0 Å². The largest absolute Gasteiger partial charge is 0.462 e. The van der Waals surface area contributed by atoms with Gasteiger partial charge in [-0.1, -0.05) is 34.9 Å². The monoisotopic (exact) mass is 337 g/mol. The Balaban J connectivity index is 2.88. The molecular weight excluding hydrogens is 322 g/mol. The van der Waals surface area contributed by atoms with Crippen LogP contribution in [-0.4, -0.2) is 38.1 Å². The van der Waals surface area contributed by atoms with Crippen molar-refractivity contribution in [1.82, 2.24) is 0 Å². The summed E-state index contributed by atoms with van der Waals surface area (Å²) in [5, 5.41) is 3.69. The number of rotatable bonds is 9. The summed E-state index contributed by atoms with van der Waals surface area (Å²) in [4.78, 5) is 26.7. The first-order valence-electron chi connectivity index (χ1n) is 6.85. The molecule has 0 aliphatic heterocycles. The number of carbonyl (C=O) groups is 2. The zero-order valence-corrected chi connectivity index (χ0v) is 13.3. The van der Waals surface area contributed by atoms with Gasteiger partial charge in [-0.2, -0.15) is 0 Å². The number of ether oxygens (including phenoxy) is 2. The van der Waals surface area contributed by atoms with Crippen LogP contribution in [0.15, 0.2) is 35.0 Å². The molecule has 1 aromatic rings. The molecule has 122 valence electrons. The SMILES string of the molecule is CCOC(=O)/C(=C/c1ccccc1Cl)C(=O)COCCN=[N+]=[N-]. The van der Waals surface area contributed by atoms with E-state index in [0.717, 1.165) is 0 Å². The first-order chi connectivity index (χ1) is 11.1. The molecule has 0 heterocycles. The number of carbonyl (C=O) groups excluding carboxylic acids is 2. The lowest BCUT2D eigenvalue weighted by atomic mass is 10.1. The van der Waals surface area contributed by atoms with Crippen LogP contribution in [-0.2, 0) is 19.1 Å². The highest BCUT2D eigenvalue weighted by Gasteiger charge is 2.20. The first-order valence-corrected chi connectivity index (χ1v) is 7.23. The Kier molecular flexibility index (Phi) is 8.46. The number of esters is 1. The van der Waals surface area contributed by atoms with E-state index in [1.54, 1.807) is 31.2 Å². The average molecular weight is 338 g/mol. The van der Waals surface area contributed by atoms with Crippen molar-refractivity contribution in [2.75, 3.05) is 26.4 Å². The smallest absolute Gasteiger partial charge is 0.341 e. The van der Waals surface area contributed by atoms with Gasteiger partial charge in [0, 0.05) is 16.5 Å². The van der Waals surface area contributed by atoms with Gasteiger partial charge < -0.3 is 9.47 Å². The van der Waals surface area contributed by atoms with Crippen molar-refractivity contribution in [3.8, 4) is 0 Å². The van der Waals surface area contributed by atoms with E-state index in [1.807, 2.05) is 0 Å². The molecule has 0 aliphatic rings. The number of ketones is 1. The lowest BCUT2D eigenvalue weighted by Crippen LogP contribution is -2.20. The number of benzene rings is 1. The molecule has 1 rings (SSSR count). The summed E-state index contributed by atoms with van der Waals surface area (Å²) in [5.41, 5.74) is 8.52. The van der Waals surface area contributed by atoms with E-state index in [-0.39, 0.29) is 31.9 Å². The summed E-state index contributed by atoms with van der Waals surface area (Å²) in [6.45, 7) is 1.65. The van der Waals surface area contributed by atoms with Crippen molar-refractivity contribution in [3.05, 3.63) is 50.9 Å². The molecule has 0 unspecified atom stereocenters. The minimum Gasteiger partial charge on any atom is -0.462 e. The number of azide groups is 1. The maximum absolute atomic E-state index is 12.2. The van der Waals surface area contributed by atoms with Gasteiger partial charge in [0.2, 0.25) is 0 Å². The fourth-order valence-electron chi connectivity index (χ4n) is 1.60. The molecule has 0 fully saturated rings. The topological polar surface area (TPSA) is 101 Å². The molecule has 1 aromatic carbocycles. The molecule has 0 saturated carbocycles. The van der Waals surface area contributed by atoms with Gasteiger partial charge >= 0.3 is 5.97 Å². The molecule has 0 atom stereocenters. The van der Waals surface area contributed by atoms with E-state index >= 15 is 0 Å². The lowest BCUT2D eigenvalue weighted by molar-refractivity contribution is -0.140. The Morgan fingerprint density at radius 1 is 1.39 bits per heavy atom. The summed E-state index contributed by atoms with van der Waals surface area (Å²) in [6, 6.07) is 6.81. The normalized spacial score (nSPS) is 10.8. The number of halogens is 1. The van der Waals surface area contributed by atoms with Crippen molar-refractivity contribution >= 4 is 29.4 Å². The summed E-state index contributed by atoms with van der Waals surface area (Å²) in [5.74, 6) is -1.28. The summed E-state index contributed by atoms with van der Waals surface area (Å²) in [7, 11) is 0. The van der Waals surface area contributed by atoms with Crippen LogP contribution >= 0.6 is 11.6 Å². The van der Waals surface area contributed by atoms with Gasteiger partial charge in [0.1, 0.15) is 12.2 Å². The van der Waals surface area contributed by atoms with E-state index in [9.17, 15) is 9.59 Å². The van der Waals surface area contributed by atoms with E-state index in [1.165, 1.54) is 6.08 Å². The summed E-state index contributed by atoms with van der Waals surface area (Å²) in [6.07, 6.45) is 1.37. The molecule has 8 heteroatoms. The van der Waals surface area contributed by atoms with Crippen LogP contribution in [0.5, 0.6) is 0 Å². The van der Waals surface area contributed by atoms with E-state index in [4.69, 9.17) is 26.6 Å². The second-order valence-corrected chi connectivity index (χ2v) is 4.64. The van der Waals surface area contributed by atoms with Gasteiger partial charge in [-0.05, 0) is 30.2 Å². The predicted molar refractivity (Wildman–Crippen MR) is 85.9 cm³/mol. The molecular formula is C15H16ClN3O4. The number of hydrogen-bond acceptors (Lipinski definition) is 5. The van der Waals surface area contributed by atoms with E-state index < -0.39 is 11.8 Å². The maximum Gasteiger partial charge on any atom is 0.341 e. The highest BCUT2D eigenvalue weighted by molar-refractivity contribution is 6.32. The summed E-state index contributed by atoms with van der Waals surface area (Å²) < 4.78 is 9.97. The molecule has 0 amide bonds. The highest BCUT2D eigenvalue weighted by Crippen LogP contribution is 2.19. The standard InChI is InChI=1S/C15H16ClN3O4/c1-2-23-15(21)12(9-11-5-3-4-6-13(11)16)14(20)10-22-8-7-18-19-17/h3-6,9H,2,7-8,10H2,1H3/b12-9+. The van der Waals surface area contributed by atoms with Crippen LogP contribution in [0.4, 0.5) is 0 Å². The minimum atomic E-state index is -0.740.